The topological polar surface area (TPSA) is 87.7 Å². The molecule has 0 saturated heterocycles. The van der Waals surface area contributed by atoms with Crippen LogP contribution in [0.4, 0.5) is 0 Å². The van der Waals surface area contributed by atoms with Gasteiger partial charge >= 0.3 is 0 Å². The number of aromatic amines is 1. The molecule has 0 fully saturated rings. The molecule has 5 nitrogen and oxygen atoms in total. The summed E-state index contributed by atoms with van der Waals surface area (Å²) in [6.07, 6.45) is 1.83. The predicted octanol–water partition coefficient (Wildman–Crippen LogP) is 3.18. The maximum atomic E-state index is 9.57. The lowest BCUT2D eigenvalue weighted by Crippen LogP contribution is -2.21. The van der Waals surface area contributed by atoms with Crippen LogP contribution in [0, 0.1) is 14.9 Å². The fourth-order valence-corrected chi connectivity index (χ4v) is 3.47. The Labute approximate surface area is 142 Å². The van der Waals surface area contributed by atoms with Gasteiger partial charge in [-0.1, -0.05) is 31.5 Å². The summed E-state index contributed by atoms with van der Waals surface area (Å²) in [7, 11) is 0. The lowest BCUT2D eigenvalue weighted by atomic mass is 9.83. The molecule has 3 N–H and O–H groups in total. The number of aromatic nitrogens is 2. The van der Waals surface area contributed by atoms with Crippen LogP contribution in [0.15, 0.2) is 35.7 Å². The Morgan fingerprint density at radius 3 is 2.91 bits per heavy atom. The molecule has 112 valence electrons. The Morgan fingerprint density at radius 2 is 2.23 bits per heavy atom. The smallest absolute Gasteiger partial charge is 0.244 e. The van der Waals surface area contributed by atoms with Gasteiger partial charge in [-0.2, -0.15) is 5.26 Å². The normalized spacial score (nSPS) is 16.9. The van der Waals surface area contributed by atoms with Crippen LogP contribution in [0.2, 0.25) is 0 Å². The van der Waals surface area contributed by atoms with E-state index in [9.17, 15) is 5.26 Å². The van der Waals surface area contributed by atoms with E-state index in [1.54, 1.807) is 0 Å². The zero-order chi connectivity index (χ0) is 15.7. The van der Waals surface area contributed by atoms with Crippen LogP contribution in [0.1, 0.15) is 36.1 Å². The van der Waals surface area contributed by atoms with Crippen LogP contribution in [-0.2, 0) is 6.42 Å². The van der Waals surface area contributed by atoms with E-state index in [-0.39, 0.29) is 11.8 Å². The average molecular weight is 406 g/mol. The van der Waals surface area contributed by atoms with E-state index >= 15 is 0 Å². The van der Waals surface area contributed by atoms with E-state index in [4.69, 9.17) is 10.5 Å². The third-order valence-corrected chi connectivity index (χ3v) is 4.72. The number of H-pyrrole nitrogens is 1. The van der Waals surface area contributed by atoms with Gasteiger partial charge in [0.05, 0.1) is 5.92 Å². The van der Waals surface area contributed by atoms with Gasteiger partial charge in [-0.05, 0) is 40.6 Å². The third kappa shape index (κ3) is 2.35. The largest absolute Gasteiger partial charge is 0.420 e. The fourth-order valence-electron chi connectivity index (χ4n) is 2.77. The minimum Gasteiger partial charge on any atom is -0.420 e. The molecule has 2 aromatic rings. The van der Waals surface area contributed by atoms with E-state index in [1.165, 1.54) is 0 Å². The Balaban J connectivity index is 2.24. The number of allylic oxidation sites excluding steroid dienone is 1. The molecule has 0 amide bonds. The number of nitrogens with one attached hydrogen (secondary N) is 1. The first-order chi connectivity index (χ1) is 10.7. The minimum atomic E-state index is -0.234. The Kier molecular flexibility index (Phi) is 4.07. The summed E-state index contributed by atoms with van der Waals surface area (Å²) < 4.78 is 6.63. The highest BCUT2D eigenvalue weighted by molar-refractivity contribution is 14.1. The monoisotopic (exact) mass is 406 g/mol. The number of hydrogen-bond donors (Lipinski definition) is 2. The van der Waals surface area contributed by atoms with Crippen molar-refractivity contribution in [1.82, 2.24) is 10.2 Å². The molecule has 0 spiro atoms. The molecule has 0 radical (unpaired) electrons. The van der Waals surface area contributed by atoms with Crippen molar-refractivity contribution in [2.75, 3.05) is 0 Å². The van der Waals surface area contributed by atoms with E-state index in [2.05, 4.69) is 45.8 Å². The average Bonchev–Trinajstić information content (AvgIpc) is 2.89. The molecule has 3 rings (SSSR count). The summed E-state index contributed by atoms with van der Waals surface area (Å²) in [6.45, 7) is 2.10. The quantitative estimate of drug-likeness (QED) is 0.767. The Bertz CT molecular complexity index is 788. The van der Waals surface area contributed by atoms with Crippen molar-refractivity contribution in [3.63, 3.8) is 0 Å². The third-order valence-electron chi connectivity index (χ3n) is 3.73. The second-order valence-electron chi connectivity index (χ2n) is 5.12. The molecule has 1 aliphatic rings. The molecule has 0 aliphatic carbocycles. The van der Waals surface area contributed by atoms with Crippen molar-refractivity contribution in [3.05, 3.63) is 56.1 Å². The van der Waals surface area contributed by atoms with Crippen LogP contribution < -0.4 is 10.5 Å². The molecule has 6 heteroatoms. The number of halogens is 1. The lowest BCUT2D eigenvalue weighted by molar-refractivity contribution is 0.378. The summed E-state index contributed by atoms with van der Waals surface area (Å²) >= 11 is 2.28. The van der Waals surface area contributed by atoms with E-state index < -0.39 is 0 Å². The maximum absolute atomic E-state index is 9.57. The molecule has 1 aromatic carbocycles. The Hall–Kier alpha value is -2.01. The van der Waals surface area contributed by atoms with Crippen molar-refractivity contribution in [3.8, 4) is 11.9 Å². The number of benzene rings is 1. The lowest BCUT2D eigenvalue weighted by Gasteiger charge is -2.24. The molecular weight excluding hydrogens is 391 g/mol. The molecular formula is C16H15IN4O. The van der Waals surface area contributed by atoms with Gasteiger partial charge in [-0.15, -0.1) is 5.10 Å². The van der Waals surface area contributed by atoms with Crippen molar-refractivity contribution >= 4 is 22.6 Å². The van der Waals surface area contributed by atoms with Gasteiger partial charge in [-0.3, -0.25) is 5.10 Å². The standard InChI is InChI=1S/C16H15IN4O/c1-2-5-12-14-13(9-6-3-4-7-11(9)17)10(8-18)15(19)22-16(14)21-20-12/h3-4,6-7,13H,2,5,19H2,1H3,(H,20,21)/t13-/m1/s1. The van der Waals surface area contributed by atoms with Gasteiger partial charge in [-0.25, -0.2) is 0 Å². The number of nitriles is 1. The number of nitrogens with zero attached hydrogens (tertiary/aromatic N) is 2. The predicted molar refractivity (Wildman–Crippen MR) is 91.0 cm³/mol. The van der Waals surface area contributed by atoms with Crippen molar-refractivity contribution in [2.45, 2.75) is 25.7 Å². The number of rotatable bonds is 3. The van der Waals surface area contributed by atoms with Crippen molar-refractivity contribution < 1.29 is 4.74 Å². The Morgan fingerprint density at radius 1 is 1.45 bits per heavy atom. The number of fused-ring (bicyclic) bond motifs is 1. The number of hydrogen-bond acceptors (Lipinski definition) is 4. The van der Waals surface area contributed by atoms with E-state index in [0.29, 0.717) is 11.5 Å². The second-order valence-corrected chi connectivity index (χ2v) is 6.28. The van der Waals surface area contributed by atoms with Crippen LogP contribution in [-0.4, -0.2) is 10.2 Å². The van der Waals surface area contributed by atoms with Crippen LogP contribution in [0.25, 0.3) is 0 Å². The number of nitrogens with two attached hydrogens (primary N) is 1. The summed E-state index contributed by atoms with van der Waals surface area (Å²) in [5.74, 6) is 0.376. The van der Waals surface area contributed by atoms with Crippen LogP contribution in [0.5, 0.6) is 5.88 Å². The highest BCUT2D eigenvalue weighted by Gasteiger charge is 2.35. The number of aryl methyl sites for hydroxylation is 1. The zero-order valence-corrected chi connectivity index (χ0v) is 14.2. The molecule has 22 heavy (non-hydrogen) atoms. The zero-order valence-electron chi connectivity index (χ0n) is 12.1. The first-order valence-corrected chi connectivity index (χ1v) is 8.14. The molecule has 0 bridgehead atoms. The molecule has 0 unspecified atom stereocenters. The fraction of sp³-hybridized carbons (Fsp3) is 0.250. The van der Waals surface area contributed by atoms with Gasteiger partial charge in [0.1, 0.15) is 11.6 Å². The summed E-state index contributed by atoms with van der Waals surface area (Å²) in [6, 6.07) is 10.2. The first kappa shape index (κ1) is 14.9. The molecule has 2 heterocycles. The van der Waals surface area contributed by atoms with Crippen LogP contribution in [0.3, 0.4) is 0 Å². The van der Waals surface area contributed by atoms with Gasteiger partial charge in [0.15, 0.2) is 0 Å². The van der Waals surface area contributed by atoms with Crippen molar-refractivity contribution in [1.29, 1.82) is 5.26 Å². The SMILES string of the molecule is CCCc1[nH]nc2c1[C@H](c1ccccc1I)C(C#N)=C(N)O2. The molecule has 1 atom stereocenters. The van der Waals surface area contributed by atoms with Gasteiger partial charge < -0.3 is 10.5 Å². The molecule has 1 aromatic heterocycles. The summed E-state index contributed by atoms with van der Waals surface area (Å²) in [5.41, 5.74) is 9.36. The molecule has 0 saturated carbocycles. The minimum absolute atomic E-state index is 0.134. The van der Waals surface area contributed by atoms with Crippen molar-refractivity contribution in [2.24, 2.45) is 5.73 Å². The van der Waals surface area contributed by atoms with Crippen LogP contribution >= 0.6 is 22.6 Å². The highest BCUT2D eigenvalue weighted by Crippen LogP contribution is 2.44. The maximum Gasteiger partial charge on any atom is 0.244 e. The van der Waals surface area contributed by atoms with Gasteiger partial charge in [0.2, 0.25) is 11.8 Å². The number of ether oxygens (including phenoxy) is 1. The molecule has 1 aliphatic heterocycles. The summed E-state index contributed by atoms with van der Waals surface area (Å²) in [4.78, 5) is 0. The highest BCUT2D eigenvalue weighted by atomic mass is 127. The van der Waals surface area contributed by atoms with E-state index in [1.807, 2.05) is 24.3 Å². The van der Waals surface area contributed by atoms with Gasteiger partial charge in [0, 0.05) is 14.8 Å². The van der Waals surface area contributed by atoms with E-state index in [0.717, 1.165) is 33.2 Å². The first-order valence-electron chi connectivity index (χ1n) is 7.06. The summed E-state index contributed by atoms with van der Waals surface area (Å²) in [5, 5.41) is 16.8. The van der Waals surface area contributed by atoms with Gasteiger partial charge in [0.25, 0.3) is 0 Å². The second kappa shape index (κ2) is 6.01.